The number of aryl methyl sites for hydroxylation is 3. The van der Waals surface area contributed by atoms with Crippen molar-refractivity contribution in [3.8, 4) is 0 Å². The van der Waals surface area contributed by atoms with Gasteiger partial charge < -0.3 is 10.6 Å². The van der Waals surface area contributed by atoms with Gasteiger partial charge in [-0.15, -0.1) is 0 Å². The zero-order chi connectivity index (χ0) is 19.8. The van der Waals surface area contributed by atoms with Crippen LogP contribution in [0, 0.1) is 13.8 Å². The predicted molar refractivity (Wildman–Crippen MR) is 112 cm³/mol. The van der Waals surface area contributed by atoms with Crippen LogP contribution >= 0.6 is 0 Å². The van der Waals surface area contributed by atoms with Crippen LogP contribution in [0.15, 0.2) is 60.7 Å². The monoisotopic (exact) mass is 374 g/mol. The molecule has 1 heterocycles. The van der Waals surface area contributed by atoms with Gasteiger partial charge in [0.25, 0.3) is 5.91 Å². The Labute approximate surface area is 166 Å². The molecule has 0 atom stereocenters. The maximum Gasteiger partial charge on any atom is 0.270 e. The Hall–Kier alpha value is -3.21. The molecular weight excluding hydrogens is 348 g/mol. The van der Waals surface area contributed by atoms with Crippen LogP contribution in [0.4, 0.5) is 5.82 Å². The van der Waals surface area contributed by atoms with Crippen molar-refractivity contribution in [3.63, 3.8) is 0 Å². The van der Waals surface area contributed by atoms with E-state index >= 15 is 0 Å². The van der Waals surface area contributed by atoms with Gasteiger partial charge in [-0.25, -0.2) is 9.97 Å². The molecule has 0 bridgehead atoms. The highest BCUT2D eigenvalue weighted by Gasteiger charge is 2.10. The van der Waals surface area contributed by atoms with Crippen LogP contribution in [0.25, 0.3) is 0 Å². The lowest BCUT2D eigenvalue weighted by Gasteiger charge is -2.09. The second-order valence-corrected chi connectivity index (χ2v) is 6.87. The highest BCUT2D eigenvalue weighted by Crippen LogP contribution is 2.09. The van der Waals surface area contributed by atoms with E-state index in [0.717, 1.165) is 24.9 Å². The van der Waals surface area contributed by atoms with Crippen LogP contribution in [0.3, 0.4) is 0 Å². The summed E-state index contributed by atoms with van der Waals surface area (Å²) in [5.74, 6) is 1.06. The summed E-state index contributed by atoms with van der Waals surface area (Å²) in [7, 11) is 0. The van der Waals surface area contributed by atoms with Crippen LogP contribution < -0.4 is 10.6 Å². The second kappa shape index (κ2) is 9.65. The maximum absolute atomic E-state index is 12.5. The number of carbonyl (C=O) groups excluding carboxylic acids is 1. The highest BCUT2D eigenvalue weighted by atomic mass is 16.1. The van der Waals surface area contributed by atoms with E-state index in [9.17, 15) is 4.79 Å². The topological polar surface area (TPSA) is 66.9 Å². The molecule has 0 fully saturated rings. The number of nitrogens with one attached hydrogen (secondary N) is 2. The molecule has 144 valence electrons. The molecule has 2 N–H and O–H groups in total. The first-order valence-electron chi connectivity index (χ1n) is 9.57. The molecule has 3 aromatic rings. The zero-order valence-corrected chi connectivity index (χ0v) is 16.4. The Kier molecular flexibility index (Phi) is 6.73. The lowest BCUT2D eigenvalue weighted by molar-refractivity contribution is 0.0945. The van der Waals surface area contributed by atoms with Gasteiger partial charge in [-0.2, -0.15) is 0 Å². The fourth-order valence-electron chi connectivity index (χ4n) is 2.91. The summed E-state index contributed by atoms with van der Waals surface area (Å²) in [4.78, 5) is 21.1. The van der Waals surface area contributed by atoms with Gasteiger partial charge in [0.05, 0.1) is 0 Å². The van der Waals surface area contributed by atoms with Gasteiger partial charge >= 0.3 is 0 Å². The smallest absolute Gasteiger partial charge is 0.270 e. The average molecular weight is 374 g/mol. The van der Waals surface area contributed by atoms with Crippen LogP contribution in [-0.2, 0) is 13.0 Å². The molecule has 1 aromatic heterocycles. The molecule has 3 rings (SSSR count). The molecule has 0 saturated carbocycles. The number of anilines is 1. The number of hydrogen-bond acceptors (Lipinski definition) is 4. The highest BCUT2D eigenvalue weighted by molar-refractivity contribution is 5.92. The normalized spacial score (nSPS) is 10.5. The van der Waals surface area contributed by atoms with E-state index in [1.165, 1.54) is 11.1 Å². The minimum Gasteiger partial charge on any atom is -0.370 e. The summed E-state index contributed by atoms with van der Waals surface area (Å²) >= 11 is 0. The third-order valence-electron chi connectivity index (χ3n) is 4.44. The Morgan fingerprint density at radius 3 is 2.43 bits per heavy atom. The van der Waals surface area contributed by atoms with E-state index < -0.39 is 0 Å². The zero-order valence-electron chi connectivity index (χ0n) is 16.4. The number of rotatable bonds is 8. The second-order valence-electron chi connectivity index (χ2n) is 6.87. The summed E-state index contributed by atoms with van der Waals surface area (Å²) in [5.41, 5.74) is 3.96. The maximum atomic E-state index is 12.5. The number of nitrogens with zero attached hydrogens (tertiary/aromatic N) is 2. The summed E-state index contributed by atoms with van der Waals surface area (Å²) in [6.07, 6.45) is 1.99. The van der Waals surface area contributed by atoms with Crippen molar-refractivity contribution < 1.29 is 4.79 Å². The number of carbonyl (C=O) groups is 1. The molecule has 0 radical (unpaired) electrons. The van der Waals surface area contributed by atoms with Gasteiger partial charge in [0.1, 0.15) is 17.3 Å². The Balaban J connectivity index is 1.53. The molecule has 0 unspecified atom stereocenters. The number of amides is 1. The minimum atomic E-state index is -0.196. The van der Waals surface area contributed by atoms with E-state index in [4.69, 9.17) is 0 Å². The molecular formula is C23H26N4O. The molecule has 0 aliphatic rings. The largest absolute Gasteiger partial charge is 0.370 e. The molecule has 0 aliphatic carbocycles. The fraction of sp³-hybridized carbons (Fsp3) is 0.261. The lowest BCUT2D eigenvalue weighted by atomic mass is 10.1. The van der Waals surface area contributed by atoms with Crippen molar-refractivity contribution in [2.75, 3.05) is 11.9 Å². The van der Waals surface area contributed by atoms with Crippen LogP contribution in [0.5, 0.6) is 0 Å². The first kappa shape index (κ1) is 19.5. The standard InChI is InChI=1S/C23H26N4O/c1-17-10-12-20(13-11-17)16-25-23(28)21-15-22(27-18(2)26-21)24-14-6-9-19-7-4-3-5-8-19/h3-5,7-8,10-13,15H,6,9,14,16H2,1-2H3,(H,25,28)(H,24,26,27). The van der Waals surface area contributed by atoms with E-state index in [-0.39, 0.29) is 5.91 Å². The lowest BCUT2D eigenvalue weighted by Crippen LogP contribution is -2.24. The number of hydrogen-bond donors (Lipinski definition) is 2. The number of benzene rings is 2. The Morgan fingerprint density at radius 2 is 1.68 bits per heavy atom. The Bertz CT molecular complexity index is 908. The first-order chi connectivity index (χ1) is 13.6. The number of aromatic nitrogens is 2. The van der Waals surface area contributed by atoms with Gasteiger partial charge in [-0.1, -0.05) is 60.2 Å². The average Bonchev–Trinajstić information content (AvgIpc) is 2.71. The molecule has 2 aromatic carbocycles. The van der Waals surface area contributed by atoms with Gasteiger partial charge in [0.15, 0.2) is 0 Å². The fourth-order valence-corrected chi connectivity index (χ4v) is 2.91. The molecule has 5 heteroatoms. The molecule has 0 spiro atoms. The first-order valence-corrected chi connectivity index (χ1v) is 9.57. The van der Waals surface area contributed by atoms with Crippen molar-refractivity contribution >= 4 is 11.7 Å². The van der Waals surface area contributed by atoms with Crippen molar-refractivity contribution in [2.24, 2.45) is 0 Å². The molecule has 0 saturated heterocycles. The third kappa shape index (κ3) is 5.91. The molecule has 1 amide bonds. The van der Waals surface area contributed by atoms with Crippen molar-refractivity contribution in [2.45, 2.75) is 33.2 Å². The molecule has 28 heavy (non-hydrogen) atoms. The predicted octanol–water partition coefficient (Wildman–Crippen LogP) is 4.07. The summed E-state index contributed by atoms with van der Waals surface area (Å²) in [6.45, 7) is 5.10. The van der Waals surface area contributed by atoms with Crippen LogP contribution in [0.2, 0.25) is 0 Å². The van der Waals surface area contributed by atoms with E-state index in [0.29, 0.717) is 23.9 Å². The molecule has 5 nitrogen and oxygen atoms in total. The van der Waals surface area contributed by atoms with E-state index in [1.54, 1.807) is 13.0 Å². The van der Waals surface area contributed by atoms with E-state index in [1.807, 2.05) is 37.3 Å². The molecule has 0 aliphatic heterocycles. The minimum absolute atomic E-state index is 0.196. The van der Waals surface area contributed by atoms with Crippen molar-refractivity contribution in [1.82, 2.24) is 15.3 Å². The van der Waals surface area contributed by atoms with Gasteiger partial charge in [0, 0.05) is 19.2 Å². The van der Waals surface area contributed by atoms with Crippen LogP contribution in [0.1, 0.15) is 39.4 Å². The third-order valence-corrected chi connectivity index (χ3v) is 4.44. The summed E-state index contributed by atoms with van der Waals surface area (Å²) < 4.78 is 0. The van der Waals surface area contributed by atoms with E-state index in [2.05, 4.69) is 44.9 Å². The van der Waals surface area contributed by atoms with Crippen molar-refractivity contribution in [3.05, 3.63) is 88.9 Å². The summed E-state index contributed by atoms with van der Waals surface area (Å²) in [6, 6.07) is 20.2. The quantitative estimate of drug-likeness (QED) is 0.583. The van der Waals surface area contributed by atoms with Gasteiger partial charge in [-0.3, -0.25) is 4.79 Å². The SMILES string of the molecule is Cc1ccc(CNC(=O)c2cc(NCCCc3ccccc3)nc(C)n2)cc1. The summed E-state index contributed by atoms with van der Waals surface area (Å²) in [5, 5.41) is 6.22. The van der Waals surface area contributed by atoms with Gasteiger partial charge in [0.2, 0.25) is 0 Å². The van der Waals surface area contributed by atoms with Crippen LogP contribution in [-0.4, -0.2) is 22.4 Å². The Morgan fingerprint density at radius 1 is 0.929 bits per heavy atom. The van der Waals surface area contributed by atoms with Crippen molar-refractivity contribution in [1.29, 1.82) is 0 Å². The van der Waals surface area contributed by atoms with Gasteiger partial charge in [-0.05, 0) is 37.8 Å².